The number of aryl methyl sites for hydroxylation is 3. The summed E-state index contributed by atoms with van der Waals surface area (Å²) < 4.78 is 16.7. The maximum atomic E-state index is 13.4. The Hall–Kier alpha value is -4.20. The first kappa shape index (κ1) is 22.0. The molecule has 0 atom stereocenters. The third-order valence-corrected chi connectivity index (χ3v) is 5.26. The van der Waals surface area contributed by atoms with Crippen LogP contribution in [-0.2, 0) is 4.79 Å². The highest BCUT2D eigenvalue weighted by Crippen LogP contribution is 2.22. The summed E-state index contributed by atoms with van der Waals surface area (Å²) in [4.78, 5) is 25.5. The van der Waals surface area contributed by atoms with E-state index < -0.39 is 5.91 Å². The molecule has 168 valence electrons. The molecule has 8 heteroatoms. The van der Waals surface area contributed by atoms with Gasteiger partial charge in [-0.25, -0.2) is 9.07 Å². The van der Waals surface area contributed by atoms with Crippen LogP contribution in [0.25, 0.3) is 11.5 Å². The smallest absolute Gasteiger partial charge is 0.257 e. The summed E-state index contributed by atoms with van der Waals surface area (Å²) in [7, 11) is 0. The number of amides is 2. The first-order valence-corrected chi connectivity index (χ1v) is 10.5. The molecule has 0 saturated carbocycles. The number of aromatic nitrogens is 3. The lowest BCUT2D eigenvalue weighted by Crippen LogP contribution is -2.33. The van der Waals surface area contributed by atoms with Gasteiger partial charge in [0, 0.05) is 18.1 Å². The Balaban J connectivity index is 1.54. The summed E-state index contributed by atoms with van der Waals surface area (Å²) in [6, 6.07) is 13.5. The summed E-state index contributed by atoms with van der Waals surface area (Å²) in [6.07, 6.45) is 4.99. The van der Waals surface area contributed by atoms with Crippen molar-refractivity contribution in [2.75, 3.05) is 11.9 Å². The molecule has 2 N–H and O–H groups in total. The highest BCUT2D eigenvalue weighted by Gasteiger charge is 2.20. The van der Waals surface area contributed by atoms with Gasteiger partial charge in [0.25, 0.3) is 5.91 Å². The van der Waals surface area contributed by atoms with Crippen LogP contribution in [0.15, 0.2) is 67.1 Å². The Labute approximate surface area is 190 Å². The SMILES string of the molecule is Cc1cc(C)c(NC(=O)CNC(=O)c2cnn(-c3ccc(F)cc3)c2-n2cccc2)c(C)c1. The zero-order valence-electron chi connectivity index (χ0n) is 18.6. The second kappa shape index (κ2) is 9.12. The zero-order chi connectivity index (χ0) is 23.5. The van der Waals surface area contributed by atoms with Gasteiger partial charge < -0.3 is 15.2 Å². The second-order valence-electron chi connectivity index (χ2n) is 7.86. The maximum Gasteiger partial charge on any atom is 0.257 e. The molecule has 2 heterocycles. The maximum absolute atomic E-state index is 13.4. The average molecular weight is 445 g/mol. The lowest BCUT2D eigenvalue weighted by atomic mass is 10.1. The summed E-state index contributed by atoms with van der Waals surface area (Å²) in [5.41, 5.74) is 4.67. The van der Waals surface area contributed by atoms with Gasteiger partial charge >= 0.3 is 0 Å². The first-order chi connectivity index (χ1) is 15.8. The quantitative estimate of drug-likeness (QED) is 0.469. The van der Waals surface area contributed by atoms with E-state index in [1.54, 1.807) is 33.8 Å². The van der Waals surface area contributed by atoms with Crippen LogP contribution in [0.1, 0.15) is 27.0 Å². The third kappa shape index (κ3) is 4.69. The van der Waals surface area contributed by atoms with Gasteiger partial charge in [-0.15, -0.1) is 0 Å². The van der Waals surface area contributed by atoms with Crippen molar-refractivity contribution in [2.45, 2.75) is 20.8 Å². The number of nitrogens with zero attached hydrogens (tertiary/aromatic N) is 3. The van der Waals surface area contributed by atoms with E-state index in [9.17, 15) is 14.0 Å². The van der Waals surface area contributed by atoms with Gasteiger partial charge in [0.1, 0.15) is 11.4 Å². The number of halogens is 1. The number of carbonyl (C=O) groups is 2. The topological polar surface area (TPSA) is 81.0 Å². The Kier molecular flexibility index (Phi) is 6.08. The number of nitrogens with one attached hydrogen (secondary N) is 2. The Morgan fingerprint density at radius 2 is 1.64 bits per heavy atom. The fourth-order valence-electron chi connectivity index (χ4n) is 3.81. The van der Waals surface area contributed by atoms with Crippen molar-refractivity contribution >= 4 is 17.5 Å². The fraction of sp³-hybridized carbons (Fsp3) is 0.160. The molecule has 4 rings (SSSR count). The first-order valence-electron chi connectivity index (χ1n) is 10.5. The molecule has 0 spiro atoms. The molecule has 33 heavy (non-hydrogen) atoms. The molecule has 0 aliphatic heterocycles. The van der Waals surface area contributed by atoms with Crippen LogP contribution in [0.4, 0.5) is 10.1 Å². The zero-order valence-corrected chi connectivity index (χ0v) is 18.6. The van der Waals surface area contributed by atoms with Crippen molar-refractivity contribution in [2.24, 2.45) is 0 Å². The normalized spacial score (nSPS) is 10.8. The minimum Gasteiger partial charge on any atom is -0.343 e. The van der Waals surface area contributed by atoms with E-state index in [0.717, 1.165) is 22.4 Å². The van der Waals surface area contributed by atoms with Gasteiger partial charge in [-0.05, 0) is 68.3 Å². The average Bonchev–Trinajstić information content (AvgIpc) is 3.45. The van der Waals surface area contributed by atoms with E-state index in [-0.39, 0.29) is 23.8 Å². The van der Waals surface area contributed by atoms with Crippen molar-refractivity contribution in [3.05, 3.63) is 95.2 Å². The van der Waals surface area contributed by atoms with Gasteiger partial charge in [-0.2, -0.15) is 5.10 Å². The van der Waals surface area contributed by atoms with Crippen molar-refractivity contribution in [1.29, 1.82) is 0 Å². The molecule has 0 aliphatic rings. The van der Waals surface area contributed by atoms with Crippen LogP contribution in [0.2, 0.25) is 0 Å². The van der Waals surface area contributed by atoms with E-state index in [2.05, 4.69) is 15.7 Å². The summed E-state index contributed by atoms with van der Waals surface area (Å²) in [5, 5.41) is 9.88. The number of hydrogen-bond acceptors (Lipinski definition) is 3. The molecule has 2 aromatic heterocycles. The van der Waals surface area contributed by atoms with E-state index in [4.69, 9.17) is 0 Å². The lowest BCUT2D eigenvalue weighted by Gasteiger charge is -2.14. The number of rotatable bonds is 6. The molecule has 0 fully saturated rings. The molecule has 0 saturated heterocycles. The molecule has 0 radical (unpaired) electrons. The number of benzene rings is 2. The van der Waals surface area contributed by atoms with Crippen LogP contribution in [0.3, 0.4) is 0 Å². The van der Waals surface area contributed by atoms with Crippen LogP contribution in [0, 0.1) is 26.6 Å². The third-order valence-electron chi connectivity index (χ3n) is 5.26. The molecule has 7 nitrogen and oxygen atoms in total. The summed E-state index contributed by atoms with van der Waals surface area (Å²) in [6.45, 7) is 5.67. The molecule has 0 unspecified atom stereocenters. The monoisotopic (exact) mass is 445 g/mol. The highest BCUT2D eigenvalue weighted by atomic mass is 19.1. The lowest BCUT2D eigenvalue weighted by molar-refractivity contribution is -0.115. The molecular formula is C25H24FN5O2. The number of anilines is 1. The van der Waals surface area contributed by atoms with Crippen molar-refractivity contribution in [3.8, 4) is 11.5 Å². The molecule has 2 amide bonds. The van der Waals surface area contributed by atoms with E-state index in [1.165, 1.54) is 18.3 Å². The van der Waals surface area contributed by atoms with Crippen LogP contribution < -0.4 is 10.6 Å². The summed E-state index contributed by atoms with van der Waals surface area (Å²) >= 11 is 0. The van der Waals surface area contributed by atoms with Crippen molar-refractivity contribution in [3.63, 3.8) is 0 Å². The van der Waals surface area contributed by atoms with E-state index >= 15 is 0 Å². The molecular weight excluding hydrogens is 421 g/mol. The minimum absolute atomic E-state index is 0.196. The molecule has 4 aromatic rings. The Bertz CT molecular complexity index is 1280. The number of hydrogen-bond donors (Lipinski definition) is 2. The largest absolute Gasteiger partial charge is 0.343 e. The van der Waals surface area contributed by atoms with Gasteiger partial charge in [0.15, 0.2) is 5.82 Å². The van der Waals surface area contributed by atoms with Gasteiger partial charge in [-0.3, -0.25) is 9.59 Å². The van der Waals surface area contributed by atoms with Gasteiger partial charge in [0.2, 0.25) is 5.91 Å². The predicted molar refractivity (Wildman–Crippen MR) is 124 cm³/mol. The van der Waals surface area contributed by atoms with Gasteiger partial charge in [-0.1, -0.05) is 17.7 Å². The van der Waals surface area contributed by atoms with Crippen LogP contribution in [-0.4, -0.2) is 32.7 Å². The summed E-state index contributed by atoms with van der Waals surface area (Å²) in [5.74, 6) is -0.655. The molecule has 0 aliphatic carbocycles. The Morgan fingerprint density at radius 1 is 1.00 bits per heavy atom. The van der Waals surface area contributed by atoms with Crippen LogP contribution >= 0.6 is 0 Å². The fourth-order valence-corrected chi connectivity index (χ4v) is 3.81. The van der Waals surface area contributed by atoms with E-state index in [1.807, 2.05) is 45.0 Å². The minimum atomic E-state index is -0.445. The second-order valence-corrected chi connectivity index (χ2v) is 7.86. The molecule has 2 aromatic carbocycles. The standard InChI is InChI=1S/C25H24FN5O2/c1-16-12-17(2)23(18(3)13-16)29-22(32)15-27-24(33)21-14-28-31(20-8-6-19(26)7-9-20)25(21)30-10-4-5-11-30/h4-14H,15H2,1-3H3,(H,27,33)(H,29,32). The Morgan fingerprint density at radius 3 is 2.27 bits per heavy atom. The van der Waals surface area contributed by atoms with Crippen molar-refractivity contribution in [1.82, 2.24) is 19.7 Å². The van der Waals surface area contributed by atoms with Crippen LogP contribution in [0.5, 0.6) is 0 Å². The number of carbonyl (C=O) groups excluding carboxylic acids is 2. The van der Waals surface area contributed by atoms with Gasteiger partial charge in [0.05, 0.1) is 18.4 Å². The predicted octanol–water partition coefficient (Wildman–Crippen LogP) is 4.10. The molecule has 0 bridgehead atoms. The van der Waals surface area contributed by atoms with E-state index in [0.29, 0.717) is 11.5 Å². The van der Waals surface area contributed by atoms with Crippen molar-refractivity contribution < 1.29 is 14.0 Å². The highest BCUT2D eigenvalue weighted by molar-refractivity contribution is 6.01.